The molecule has 2 aromatic rings. The molecule has 0 spiro atoms. The number of hydrogen-bond acceptors (Lipinski definition) is 3. The van der Waals surface area contributed by atoms with Crippen LogP contribution in [0.25, 0.3) is 0 Å². The lowest BCUT2D eigenvalue weighted by atomic mass is 10.2. The Morgan fingerprint density at radius 3 is 2.11 bits per heavy atom. The molecule has 0 aromatic heterocycles. The summed E-state index contributed by atoms with van der Waals surface area (Å²) in [6, 6.07) is 17.3. The molecule has 1 aliphatic rings. The summed E-state index contributed by atoms with van der Waals surface area (Å²) in [4.78, 5) is 5.11. The van der Waals surface area contributed by atoms with Gasteiger partial charge in [0.15, 0.2) is 0 Å². The van der Waals surface area contributed by atoms with Crippen LogP contribution in [0.1, 0.15) is 6.92 Å². The molecule has 2 nitrogen and oxygen atoms in total. The first kappa shape index (κ1) is 12.6. The normalized spacial score (nSPS) is 13.0. The number of likely N-dealkylation sites (N-methyl/N-ethyl adjacent to an activating group) is 1. The smallest absolute Gasteiger partial charge is 0.0553 e. The molecule has 0 unspecified atom stereocenters. The van der Waals surface area contributed by atoms with Gasteiger partial charge in [0.1, 0.15) is 0 Å². The molecule has 0 bridgehead atoms. The van der Waals surface area contributed by atoms with E-state index in [1.165, 1.54) is 21.2 Å². The topological polar surface area (TPSA) is 15.3 Å². The average Bonchev–Trinajstić information content (AvgIpc) is 2.46. The van der Waals surface area contributed by atoms with Crippen LogP contribution in [-0.4, -0.2) is 19.6 Å². The second kappa shape index (κ2) is 5.68. The van der Waals surface area contributed by atoms with E-state index in [2.05, 4.69) is 65.7 Å². The molecule has 1 heterocycles. The number of nitrogens with one attached hydrogen (secondary N) is 1. The SMILES string of the molecule is CCNCCN1c2ccccc2Sc2ccccc21. The van der Waals surface area contributed by atoms with Crippen molar-refractivity contribution in [2.45, 2.75) is 16.7 Å². The molecular formula is C16H18N2S. The van der Waals surface area contributed by atoms with Gasteiger partial charge < -0.3 is 10.2 Å². The zero-order valence-electron chi connectivity index (χ0n) is 11.1. The number of anilines is 2. The lowest BCUT2D eigenvalue weighted by molar-refractivity contribution is 0.712. The molecule has 3 heteroatoms. The minimum Gasteiger partial charge on any atom is -0.338 e. The molecule has 0 fully saturated rings. The standard InChI is InChI=1S/C16H18N2S/c1-2-17-11-12-18-13-7-3-5-9-15(13)19-16-10-6-4-8-14(16)18/h3-10,17H,2,11-12H2,1H3. The van der Waals surface area contributed by atoms with Crippen molar-refractivity contribution >= 4 is 23.1 Å². The van der Waals surface area contributed by atoms with Gasteiger partial charge in [-0.3, -0.25) is 0 Å². The second-order valence-electron chi connectivity index (χ2n) is 4.54. The Bertz CT molecular complexity index is 523. The van der Waals surface area contributed by atoms with E-state index in [0.29, 0.717) is 0 Å². The summed E-state index contributed by atoms with van der Waals surface area (Å²) in [7, 11) is 0. The molecule has 3 rings (SSSR count). The number of rotatable bonds is 4. The molecule has 19 heavy (non-hydrogen) atoms. The minimum absolute atomic E-state index is 1.00. The van der Waals surface area contributed by atoms with E-state index in [0.717, 1.165) is 19.6 Å². The summed E-state index contributed by atoms with van der Waals surface area (Å²) in [5, 5.41) is 3.41. The molecule has 1 aliphatic heterocycles. The number of para-hydroxylation sites is 2. The molecule has 0 saturated heterocycles. The lowest BCUT2D eigenvalue weighted by Gasteiger charge is -2.32. The fourth-order valence-electron chi connectivity index (χ4n) is 2.39. The van der Waals surface area contributed by atoms with Crippen LogP contribution in [-0.2, 0) is 0 Å². The molecule has 0 aliphatic carbocycles. The van der Waals surface area contributed by atoms with Gasteiger partial charge in [0.2, 0.25) is 0 Å². The van der Waals surface area contributed by atoms with Crippen LogP contribution in [0, 0.1) is 0 Å². The molecule has 2 aromatic carbocycles. The van der Waals surface area contributed by atoms with Crippen molar-refractivity contribution in [1.29, 1.82) is 0 Å². The van der Waals surface area contributed by atoms with Gasteiger partial charge in [0.25, 0.3) is 0 Å². The first-order chi connectivity index (χ1) is 9.40. The quantitative estimate of drug-likeness (QED) is 0.848. The van der Waals surface area contributed by atoms with Gasteiger partial charge in [-0.1, -0.05) is 43.0 Å². The summed E-state index contributed by atoms with van der Waals surface area (Å²) >= 11 is 1.86. The molecule has 98 valence electrons. The van der Waals surface area contributed by atoms with E-state index < -0.39 is 0 Å². The van der Waals surface area contributed by atoms with Gasteiger partial charge in [-0.05, 0) is 30.8 Å². The van der Waals surface area contributed by atoms with Crippen LogP contribution in [0.5, 0.6) is 0 Å². The van der Waals surface area contributed by atoms with Crippen molar-refractivity contribution in [1.82, 2.24) is 5.32 Å². The Labute approximate surface area is 118 Å². The predicted molar refractivity (Wildman–Crippen MR) is 82.6 cm³/mol. The number of benzene rings is 2. The number of fused-ring (bicyclic) bond motifs is 2. The Hall–Kier alpha value is -1.45. The van der Waals surface area contributed by atoms with E-state index in [1.54, 1.807) is 0 Å². The van der Waals surface area contributed by atoms with Gasteiger partial charge in [0.05, 0.1) is 11.4 Å². The van der Waals surface area contributed by atoms with E-state index in [-0.39, 0.29) is 0 Å². The Morgan fingerprint density at radius 1 is 0.947 bits per heavy atom. The molecule has 0 atom stereocenters. The first-order valence-electron chi connectivity index (χ1n) is 6.74. The van der Waals surface area contributed by atoms with E-state index >= 15 is 0 Å². The van der Waals surface area contributed by atoms with Gasteiger partial charge >= 0.3 is 0 Å². The third-order valence-electron chi connectivity index (χ3n) is 3.29. The van der Waals surface area contributed by atoms with Gasteiger partial charge in [-0.25, -0.2) is 0 Å². The lowest BCUT2D eigenvalue weighted by Crippen LogP contribution is -2.30. The highest BCUT2D eigenvalue weighted by molar-refractivity contribution is 7.99. The zero-order valence-corrected chi connectivity index (χ0v) is 11.9. The maximum absolute atomic E-state index is 3.41. The second-order valence-corrected chi connectivity index (χ2v) is 5.63. The largest absolute Gasteiger partial charge is 0.338 e. The van der Waals surface area contributed by atoms with E-state index in [1.807, 2.05) is 11.8 Å². The molecule has 0 radical (unpaired) electrons. The highest BCUT2D eigenvalue weighted by atomic mass is 32.2. The molecule has 0 amide bonds. The summed E-state index contributed by atoms with van der Waals surface area (Å²) in [6.07, 6.45) is 0. The monoisotopic (exact) mass is 270 g/mol. The third-order valence-corrected chi connectivity index (χ3v) is 4.42. The van der Waals surface area contributed by atoms with Gasteiger partial charge in [-0.2, -0.15) is 0 Å². The Morgan fingerprint density at radius 2 is 1.53 bits per heavy atom. The average molecular weight is 270 g/mol. The Balaban J connectivity index is 1.96. The van der Waals surface area contributed by atoms with Crippen LogP contribution >= 0.6 is 11.8 Å². The number of hydrogen-bond donors (Lipinski definition) is 1. The van der Waals surface area contributed by atoms with Gasteiger partial charge in [0, 0.05) is 22.9 Å². The molecular weight excluding hydrogens is 252 g/mol. The molecule has 1 N–H and O–H groups in total. The maximum Gasteiger partial charge on any atom is 0.0553 e. The summed E-state index contributed by atoms with van der Waals surface area (Å²) in [5.41, 5.74) is 2.65. The summed E-state index contributed by atoms with van der Waals surface area (Å²) in [6.45, 7) is 5.17. The van der Waals surface area contributed by atoms with E-state index in [9.17, 15) is 0 Å². The van der Waals surface area contributed by atoms with Crippen molar-refractivity contribution in [2.75, 3.05) is 24.5 Å². The van der Waals surface area contributed by atoms with Crippen LogP contribution in [0.3, 0.4) is 0 Å². The Kier molecular flexibility index (Phi) is 3.76. The first-order valence-corrected chi connectivity index (χ1v) is 7.56. The third kappa shape index (κ3) is 2.48. The predicted octanol–water partition coefficient (Wildman–Crippen LogP) is 3.90. The fraction of sp³-hybridized carbons (Fsp3) is 0.250. The van der Waals surface area contributed by atoms with Crippen LogP contribution in [0.4, 0.5) is 11.4 Å². The van der Waals surface area contributed by atoms with Crippen molar-refractivity contribution < 1.29 is 0 Å². The summed E-state index contributed by atoms with van der Waals surface area (Å²) in [5.74, 6) is 0. The van der Waals surface area contributed by atoms with Crippen molar-refractivity contribution in [3.63, 3.8) is 0 Å². The van der Waals surface area contributed by atoms with Crippen LogP contribution in [0.2, 0.25) is 0 Å². The summed E-state index contributed by atoms with van der Waals surface area (Å²) < 4.78 is 0. The number of nitrogens with zero attached hydrogens (tertiary/aromatic N) is 1. The maximum atomic E-state index is 3.41. The van der Waals surface area contributed by atoms with Gasteiger partial charge in [-0.15, -0.1) is 0 Å². The highest BCUT2D eigenvalue weighted by Gasteiger charge is 2.21. The zero-order chi connectivity index (χ0) is 13.1. The molecule has 0 saturated carbocycles. The van der Waals surface area contributed by atoms with E-state index in [4.69, 9.17) is 0 Å². The highest BCUT2D eigenvalue weighted by Crippen LogP contribution is 2.47. The van der Waals surface area contributed by atoms with Crippen molar-refractivity contribution in [2.24, 2.45) is 0 Å². The minimum atomic E-state index is 1.00. The van der Waals surface area contributed by atoms with Crippen LogP contribution in [0.15, 0.2) is 58.3 Å². The van der Waals surface area contributed by atoms with Crippen molar-refractivity contribution in [3.05, 3.63) is 48.5 Å². The van der Waals surface area contributed by atoms with Crippen LogP contribution < -0.4 is 10.2 Å². The van der Waals surface area contributed by atoms with Crippen molar-refractivity contribution in [3.8, 4) is 0 Å². The fourth-order valence-corrected chi connectivity index (χ4v) is 3.49.